The third-order valence-corrected chi connectivity index (χ3v) is 3.33. The normalized spacial score (nSPS) is 11.9. The van der Waals surface area contributed by atoms with Crippen LogP contribution in [0.15, 0.2) is 54.6 Å². The van der Waals surface area contributed by atoms with Crippen molar-refractivity contribution in [2.24, 2.45) is 0 Å². The third-order valence-electron chi connectivity index (χ3n) is 3.33. The van der Waals surface area contributed by atoms with Gasteiger partial charge in [0.2, 0.25) is 5.91 Å². The van der Waals surface area contributed by atoms with Crippen LogP contribution < -0.4 is 5.32 Å². The molecule has 0 radical (unpaired) electrons. The molecule has 0 fully saturated rings. The van der Waals surface area contributed by atoms with Crippen molar-refractivity contribution in [3.63, 3.8) is 0 Å². The van der Waals surface area contributed by atoms with Crippen LogP contribution in [0, 0.1) is 5.82 Å². The van der Waals surface area contributed by atoms with Gasteiger partial charge >= 0.3 is 0 Å². The first-order chi connectivity index (χ1) is 10.7. The molecule has 2 rings (SSSR count). The lowest BCUT2D eigenvalue weighted by atomic mass is 10.1. The van der Waals surface area contributed by atoms with Crippen molar-refractivity contribution in [1.29, 1.82) is 0 Å². The number of benzene rings is 2. The molecule has 0 heterocycles. The molecule has 22 heavy (non-hydrogen) atoms. The highest BCUT2D eigenvalue weighted by Crippen LogP contribution is 2.16. The lowest BCUT2D eigenvalue weighted by molar-refractivity contribution is -0.121. The number of rotatable bonds is 7. The summed E-state index contributed by atoms with van der Waals surface area (Å²) in [6, 6.07) is 16.0. The maximum atomic E-state index is 13.5. The van der Waals surface area contributed by atoms with Crippen LogP contribution >= 0.6 is 0 Å². The van der Waals surface area contributed by atoms with Gasteiger partial charge in [0, 0.05) is 13.2 Å². The van der Waals surface area contributed by atoms with E-state index in [1.165, 1.54) is 6.07 Å². The van der Waals surface area contributed by atoms with Crippen LogP contribution in [-0.4, -0.2) is 19.1 Å². The summed E-state index contributed by atoms with van der Waals surface area (Å²) >= 11 is 0. The summed E-state index contributed by atoms with van der Waals surface area (Å²) in [5.41, 5.74) is 1.41. The molecule has 0 aliphatic carbocycles. The zero-order valence-electron chi connectivity index (χ0n) is 12.6. The van der Waals surface area contributed by atoms with E-state index in [1.54, 1.807) is 18.2 Å². The Morgan fingerprint density at radius 3 is 2.50 bits per heavy atom. The maximum Gasteiger partial charge on any atom is 0.224 e. The maximum absolute atomic E-state index is 13.5. The molecule has 2 aromatic carbocycles. The van der Waals surface area contributed by atoms with Gasteiger partial charge in [-0.05, 0) is 24.1 Å². The second-order valence-corrected chi connectivity index (χ2v) is 4.93. The molecule has 1 atom stereocenters. The fraction of sp³-hybridized carbons (Fsp3) is 0.278. The molecule has 0 bridgehead atoms. The highest BCUT2D eigenvalue weighted by molar-refractivity contribution is 5.78. The van der Waals surface area contributed by atoms with E-state index in [1.807, 2.05) is 37.3 Å². The van der Waals surface area contributed by atoms with Crippen LogP contribution in [0.1, 0.15) is 24.2 Å². The first-order valence-electron chi connectivity index (χ1n) is 7.37. The summed E-state index contributed by atoms with van der Waals surface area (Å²) < 4.78 is 19.2. The molecule has 0 aliphatic heterocycles. The molecule has 3 nitrogen and oxygen atoms in total. The minimum absolute atomic E-state index is 0.0281. The Morgan fingerprint density at radius 2 is 1.82 bits per heavy atom. The largest absolute Gasteiger partial charge is 0.372 e. The predicted octanol–water partition coefficient (Wildman–Crippen LogP) is 3.26. The molecule has 0 aromatic heterocycles. The third kappa shape index (κ3) is 4.67. The first-order valence-corrected chi connectivity index (χ1v) is 7.37. The van der Waals surface area contributed by atoms with Crippen LogP contribution in [0.2, 0.25) is 0 Å². The number of halogens is 1. The number of carbonyl (C=O) groups is 1. The van der Waals surface area contributed by atoms with Gasteiger partial charge in [0.25, 0.3) is 0 Å². The van der Waals surface area contributed by atoms with Crippen LogP contribution in [0.3, 0.4) is 0 Å². The number of ether oxygens (including phenoxy) is 1. The Kier molecular flexibility index (Phi) is 6.10. The Balaban J connectivity index is 1.92. The van der Waals surface area contributed by atoms with Crippen LogP contribution in [0.5, 0.6) is 0 Å². The first kappa shape index (κ1) is 16.2. The van der Waals surface area contributed by atoms with Gasteiger partial charge < -0.3 is 10.1 Å². The lowest BCUT2D eigenvalue weighted by Gasteiger charge is -2.18. The molecular formula is C18H20FNO2. The minimum atomic E-state index is -0.359. The van der Waals surface area contributed by atoms with E-state index in [0.29, 0.717) is 18.7 Å². The van der Waals surface area contributed by atoms with Gasteiger partial charge in [-0.1, -0.05) is 48.5 Å². The molecule has 1 N–H and O–H groups in total. The summed E-state index contributed by atoms with van der Waals surface area (Å²) in [7, 11) is 0. The predicted molar refractivity (Wildman–Crippen MR) is 83.9 cm³/mol. The molecule has 0 aliphatic rings. The quantitative estimate of drug-likeness (QED) is 0.852. The highest BCUT2D eigenvalue weighted by atomic mass is 19.1. The van der Waals surface area contributed by atoms with E-state index in [-0.39, 0.29) is 24.2 Å². The van der Waals surface area contributed by atoms with Crippen molar-refractivity contribution in [3.05, 3.63) is 71.5 Å². The Hall–Kier alpha value is -2.20. The van der Waals surface area contributed by atoms with E-state index >= 15 is 0 Å². The van der Waals surface area contributed by atoms with E-state index in [9.17, 15) is 9.18 Å². The van der Waals surface area contributed by atoms with E-state index in [4.69, 9.17) is 4.74 Å². The molecule has 4 heteroatoms. The highest BCUT2D eigenvalue weighted by Gasteiger charge is 2.13. The van der Waals surface area contributed by atoms with Crippen molar-refractivity contribution in [1.82, 2.24) is 5.32 Å². The number of carbonyl (C=O) groups excluding carboxylic acids is 1. The summed E-state index contributed by atoms with van der Waals surface area (Å²) in [4.78, 5) is 12.0. The molecular weight excluding hydrogens is 281 g/mol. The smallest absolute Gasteiger partial charge is 0.224 e. The zero-order chi connectivity index (χ0) is 15.8. The van der Waals surface area contributed by atoms with Gasteiger partial charge in [0.1, 0.15) is 5.82 Å². The summed E-state index contributed by atoms with van der Waals surface area (Å²) in [6.45, 7) is 2.84. The standard InChI is InChI=1S/C18H20FNO2/c1-2-22-17(14-8-4-3-5-9-14)13-20-18(21)12-15-10-6-7-11-16(15)19/h3-11,17H,2,12-13H2,1H3,(H,20,21)/t17-/m0/s1. The Morgan fingerprint density at radius 1 is 1.14 bits per heavy atom. The van der Waals surface area contributed by atoms with Crippen LogP contribution in [-0.2, 0) is 16.0 Å². The number of hydrogen-bond donors (Lipinski definition) is 1. The lowest BCUT2D eigenvalue weighted by Crippen LogP contribution is -2.31. The molecule has 0 unspecified atom stereocenters. The molecule has 0 saturated heterocycles. The average Bonchev–Trinajstić information content (AvgIpc) is 2.54. The fourth-order valence-corrected chi connectivity index (χ4v) is 2.23. The van der Waals surface area contributed by atoms with Gasteiger partial charge in [0.15, 0.2) is 0 Å². The summed E-state index contributed by atoms with van der Waals surface area (Å²) in [5, 5.41) is 2.81. The number of amides is 1. The number of hydrogen-bond acceptors (Lipinski definition) is 2. The van der Waals surface area contributed by atoms with Gasteiger partial charge in [0.05, 0.1) is 12.5 Å². The van der Waals surface area contributed by atoms with Crippen LogP contribution in [0.4, 0.5) is 4.39 Å². The summed E-state index contributed by atoms with van der Waals surface area (Å²) in [5.74, 6) is -0.576. The van der Waals surface area contributed by atoms with Crippen molar-refractivity contribution in [3.8, 4) is 0 Å². The van der Waals surface area contributed by atoms with E-state index in [2.05, 4.69) is 5.32 Å². The Bertz CT molecular complexity index is 601. The van der Waals surface area contributed by atoms with Crippen molar-refractivity contribution >= 4 is 5.91 Å². The van der Waals surface area contributed by atoms with Crippen molar-refractivity contribution in [2.45, 2.75) is 19.4 Å². The molecule has 0 spiro atoms. The monoisotopic (exact) mass is 301 g/mol. The van der Waals surface area contributed by atoms with Crippen LogP contribution in [0.25, 0.3) is 0 Å². The topological polar surface area (TPSA) is 38.3 Å². The van der Waals surface area contributed by atoms with E-state index in [0.717, 1.165) is 5.56 Å². The SMILES string of the molecule is CCO[C@@H](CNC(=O)Cc1ccccc1F)c1ccccc1. The molecule has 0 saturated carbocycles. The average molecular weight is 301 g/mol. The van der Waals surface area contributed by atoms with Gasteiger partial charge in [-0.25, -0.2) is 4.39 Å². The second kappa shape index (κ2) is 8.29. The molecule has 116 valence electrons. The second-order valence-electron chi connectivity index (χ2n) is 4.93. The minimum Gasteiger partial charge on any atom is -0.372 e. The summed E-state index contributed by atoms with van der Waals surface area (Å²) in [6.07, 6.45) is -0.170. The fourth-order valence-electron chi connectivity index (χ4n) is 2.23. The number of nitrogens with one attached hydrogen (secondary N) is 1. The van der Waals surface area contributed by atoms with Gasteiger partial charge in [-0.2, -0.15) is 0 Å². The van der Waals surface area contributed by atoms with E-state index < -0.39 is 0 Å². The van der Waals surface area contributed by atoms with Gasteiger partial charge in [-0.15, -0.1) is 0 Å². The Labute approximate surface area is 130 Å². The molecule has 1 amide bonds. The van der Waals surface area contributed by atoms with Crippen molar-refractivity contribution < 1.29 is 13.9 Å². The zero-order valence-corrected chi connectivity index (χ0v) is 12.6. The molecule has 2 aromatic rings. The van der Waals surface area contributed by atoms with Gasteiger partial charge in [-0.3, -0.25) is 4.79 Å². The van der Waals surface area contributed by atoms with Crippen molar-refractivity contribution in [2.75, 3.05) is 13.2 Å².